The van der Waals surface area contributed by atoms with Crippen LogP contribution in [0.25, 0.3) is 0 Å². The van der Waals surface area contributed by atoms with Crippen molar-refractivity contribution < 1.29 is 8.42 Å². The van der Waals surface area contributed by atoms with E-state index < -0.39 is 10.0 Å². The molecule has 1 aromatic heterocycles. The number of benzene rings is 1. The summed E-state index contributed by atoms with van der Waals surface area (Å²) in [7, 11) is -3.57. The van der Waals surface area contributed by atoms with Crippen LogP contribution in [0.2, 0.25) is 0 Å². The van der Waals surface area contributed by atoms with E-state index in [1.807, 2.05) is 6.07 Å². The predicted octanol–water partition coefficient (Wildman–Crippen LogP) is 2.02. The van der Waals surface area contributed by atoms with Crippen LogP contribution in [-0.4, -0.2) is 51.0 Å². The fourth-order valence-electron chi connectivity index (χ4n) is 2.74. The highest BCUT2D eigenvalue weighted by Crippen LogP contribution is 2.19. The molecular weight excluding hydrogens is 324 g/mol. The molecule has 0 spiro atoms. The van der Waals surface area contributed by atoms with Gasteiger partial charge in [0.25, 0.3) is 10.0 Å². The Bertz CT molecular complexity index is 755. The van der Waals surface area contributed by atoms with Gasteiger partial charge < -0.3 is 9.80 Å². The lowest BCUT2D eigenvalue weighted by Gasteiger charge is -2.34. The third kappa shape index (κ3) is 3.85. The first kappa shape index (κ1) is 16.7. The second kappa shape index (κ2) is 7.19. The van der Waals surface area contributed by atoms with Crippen molar-refractivity contribution in [3.8, 4) is 0 Å². The van der Waals surface area contributed by atoms with Gasteiger partial charge in [-0.25, -0.2) is 13.4 Å². The number of hydrogen-bond acceptors (Lipinski definition) is 5. The van der Waals surface area contributed by atoms with Gasteiger partial charge in [0.2, 0.25) is 0 Å². The van der Waals surface area contributed by atoms with E-state index in [0.29, 0.717) is 5.69 Å². The summed E-state index contributed by atoms with van der Waals surface area (Å²) in [5, 5.41) is 0. The van der Waals surface area contributed by atoms with E-state index in [2.05, 4.69) is 26.4 Å². The number of nitrogens with zero attached hydrogens (tertiary/aromatic N) is 3. The lowest BCUT2D eigenvalue weighted by atomic mass is 10.3. The van der Waals surface area contributed by atoms with Gasteiger partial charge in [-0.2, -0.15) is 0 Å². The molecule has 2 aromatic rings. The molecule has 1 saturated heterocycles. The number of rotatable bonds is 5. The molecule has 0 amide bonds. The summed E-state index contributed by atoms with van der Waals surface area (Å²) in [4.78, 5) is 9.28. The van der Waals surface area contributed by atoms with E-state index in [1.54, 1.807) is 42.6 Å². The SMILES string of the molecule is CCN1CCN(c2ccc(NS(=O)(=O)c3ccccc3)cn2)CC1. The first-order valence-corrected chi connectivity index (χ1v) is 9.58. The van der Waals surface area contributed by atoms with Crippen LogP contribution in [0.3, 0.4) is 0 Å². The molecule has 0 unspecified atom stereocenters. The minimum atomic E-state index is -3.57. The molecule has 24 heavy (non-hydrogen) atoms. The van der Waals surface area contributed by atoms with Gasteiger partial charge >= 0.3 is 0 Å². The van der Waals surface area contributed by atoms with Gasteiger partial charge in [-0.05, 0) is 30.8 Å². The van der Waals surface area contributed by atoms with Crippen molar-refractivity contribution in [3.63, 3.8) is 0 Å². The zero-order valence-corrected chi connectivity index (χ0v) is 14.5. The van der Waals surface area contributed by atoms with Crippen molar-refractivity contribution in [1.82, 2.24) is 9.88 Å². The molecule has 0 aliphatic carbocycles. The van der Waals surface area contributed by atoms with E-state index in [-0.39, 0.29) is 4.90 Å². The Kier molecular flexibility index (Phi) is 5.01. The lowest BCUT2D eigenvalue weighted by Crippen LogP contribution is -2.46. The third-order valence-electron chi connectivity index (χ3n) is 4.20. The quantitative estimate of drug-likeness (QED) is 0.897. The van der Waals surface area contributed by atoms with E-state index in [1.165, 1.54) is 0 Å². The Balaban J connectivity index is 1.67. The van der Waals surface area contributed by atoms with Crippen molar-refractivity contribution in [2.75, 3.05) is 42.3 Å². The molecule has 1 aliphatic heterocycles. The number of pyridine rings is 1. The second-order valence-corrected chi connectivity index (χ2v) is 7.43. The lowest BCUT2D eigenvalue weighted by molar-refractivity contribution is 0.270. The van der Waals surface area contributed by atoms with E-state index in [0.717, 1.165) is 38.5 Å². The maximum Gasteiger partial charge on any atom is 0.261 e. The maximum absolute atomic E-state index is 12.3. The van der Waals surface area contributed by atoms with Crippen molar-refractivity contribution in [3.05, 3.63) is 48.7 Å². The molecule has 2 heterocycles. The number of anilines is 2. The highest BCUT2D eigenvalue weighted by molar-refractivity contribution is 7.92. The van der Waals surface area contributed by atoms with Gasteiger partial charge in [-0.3, -0.25) is 4.72 Å². The molecular formula is C17H22N4O2S. The summed E-state index contributed by atoms with van der Waals surface area (Å²) >= 11 is 0. The van der Waals surface area contributed by atoms with Gasteiger partial charge in [0.1, 0.15) is 5.82 Å². The molecule has 1 N–H and O–H groups in total. The molecule has 0 bridgehead atoms. The van der Waals surface area contributed by atoms with Gasteiger partial charge in [-0.1, -0.05) is 25.1 Å². The van der Waals surface area contributed by atoms with Gasteiger partial charge in [0, 0.05) is 26.2 Å². The van der Waals surface area contributed by atoms with Crippen molar-refractivity contribution in [1.29, 1.82) is 0 Å². The molecule has 0 atom stereocenters. The second-order valence-electron chi connectivity index (χ2n) is 5.74. The van der Waals surface area contributed by atoms with Crippen molar-refractivity contribution in [2.45, 2.75) is 11.8 Å². The summed E-state index contributed by atoms with van der Waals surface area (Å²) < 4.78 is 27.2. The molecule has 7 heteroatoms. The fraction of sp³-hybridized carbons (Fsp3) is 0.353. The first-order valence-electron chi connectivity index (χ1n) is 8.10. The highest BCUT2D eigenvalue weighted by atomic mass is 32.2. The summed E-state index contributed by atoms with van der Waals surface area (Å²) in [5.74, 6) is 0.883. The van der Waals surface area contributed by atoms with Crippen molar-refractivity contribution >= 4 is 21.5 Å². The number of nitrogens with one attached hydrogen (secondary N) is 1. The number of aromatic nitrogens is 1. The fourth-order valence-corrected chi connectivity index (χ4v) is 3.80. The van der Waals surface area contributed by atoms with E-state index in [4.69, 9.17) is 0 Å². The van der Waals surface area contributed by atoms with Crippen molar-refractivity contribution in [2.24, 2.45) is 0 Å². The molecule has 3 rings (SSSR count). The summed E-state index contributed by atoms with van der Waals surface area (Å²) in [5.41, 5.74) is 0.467. The largest absolute Gasteiger partial charge is 0.354 e. The topological polar surface area (TPSA) is 65.5 Å². The van der Waals surface area contributed by atoms with Gasteiger partial charge in [0.05, 0.1) is 16.8 Å². The highest BCUT2D eigenvalue weighted by Gasteiger charge is 2.17. The Labute approximate surface area is 143 Å². The standard InChI is InChI=1S/C17H22N4O2S/c1-2-20-10-12-21(13-11-20)17-9-8-15(14-18-17)19-24(22,23)16-6-4-3-5-7-16/h3-9,14,19H,2,10-13H2,1H3. The monoisotopic (exact) mass is 346 g/mol. The predicted molar refractivity (Wildman–Crippen MR) is 95.8 cm³/mol. The number of hydrogen-bond donors (Lipinski definition) is 1. The Morgan fingerprint density at radius 2 is 1.75 bits per heavy atom. The first-order chi connectivity index (χ1) is 11.6. The minimum absolute atomic E-state index is 0.241. The molecule has 1 aliphatic rings. The van der Waals surface area contributed by atoms with Crippen LogP contribution in [0.1, 0.15) is 6.92 Å². The third-order valence-corrected chi connectivity index (χ3v) is 5.59. The minimum Gasteiger partial charge on any atom is -0.354 e. The molecule has 6 nitrogen and oxygen atoms in total. The zero-order valence-electron chi connectivity index (χ0n) is 13.7. The van der Waals surface area contributed by atoms with Crippen LogP contribution in [0.5, 0.6) is 0 Å². The van der Waals surface area contributed by atoms with Crippen LogP contribution in [0.4, 0.5) is 11.5 Å². The average Bonchev–Trinajstić information content (AvgIpc) is 2.63. The Morgan fingerprint density at radius 1 is 1.04 bits per heavy atom. The zero-order chi connectivity index (χ0) is 17.0. The number of sulfonamides is 1. The molecule has 1 aromatic carbocycles. The van der Waals surface area contributed by atoms with Crippen LogP contribution in [-0.2, 0) is 10.0 Å². The molecule has 1 fully saturated rings. The molecule has 128 valence electrons. The summed E-state index contributed by atoms with van der Waals surface area (Å²) in [6, 6.07) is 11.9. The number of likely N-dealkylation sites (N-methyl/N-ethyl adjacent to an activating group) is 1. The molecule has 0 radical (unpaired) electrons. The average molecular weight is 346 g/mol. The normalized spacial score (nSPS) is 16.1. The smallest absolute Gasteiger partial charge is 0.261 e. The Hall–Kier alpha value is -2.12. The number of piperazine rings is 1. The van der Waals surface area contributed by atoms with Crippen LogP contribution in [0.15, 0.2) is 53.6 Å². The van der Waals surface area contributed by atoms with Gasteiger partial charge in [0.15, 0.2) is 0 Å². The Morgan fingerprint density at radius 3 is 2.33 bits per heavy atom. The van der Waals surface area contributed by atoms with Crippen LogP contribution >= 0.6 is 0 Å². The van der Waals surface area contributed by atoms with Gasteiger partial charge in [-0.15, -0.1) is 0 Å². The van der Waals surface area contributed by atoms with E-state index >= 15 is 0 Å². The maximum atomic E-state index is 12.3. The van der Waals surface area contributed by atoms with Crippen LogP contribution in [0, 0.1) is 0 Å². The summed E-state index contributed by atoms with van der Waals surface area (Å²) in [6.45, 7) is 7.18. The molecule has 0 saturated carbocycles. The van der Waals surface area contributed by atoms with E-state index in [9.17, 15) is 8.42 Å². The summed E-state index contributed by atoms with van der Waals surface area (Å²) in [6.07, 6.45) is 1.57. The van der Waals surface area contributed by atoms with Crippen LogP contribution < -0.4 is 9.62 Å².